The predicted molar refractivity (Wildman–Crippen MR) is 83.3 cm³/mol. The third-order valence-corrected chi connectivity index (χ3v) is 4.14. The molecule has 2 heterocycles. The quantitative estimate of drug-likeness (QED) is 0.894. The van der Waals surface area contributed by atoms with Crippen molar-refractivity contribution in [2.75, 3.05) is 20.2 Å². The van der Waals surface area contributed by atoms with Crippen molar-refractivity contribution in [2.45, 2.75) is 18.6 Å². The van der Waals surface area contributed by atoms with Crippen molar-refractivity contribution in [3.05, 3.63) is 42.1 Å². The Hall–Kier alpha value is -2.18. The number of nitrogens with two attached hydrogens (primary N) is 1. The predicted octanol–water partition coefficient (Wildman–Crippen LogP) is 1.26. The summed E-state index contributed by atoms with van der Waals surface area (Å²) < 4.78 is 5.36. The molecule has 22 heavy (non-hydrogen) atoms. The first-order valence-corrected chi connectivity index (χ1v) is 7.36. The lowest BCUT2D eigenvalue weighted by molar-refractivity contribution is 0.0162. The van der Waals surface area contributed by atoms with Crippen molar-refractivity contribution >= 4 is 5.91 Å². The summed E-state index contributed by atoms with van der Waals surface area (Å²) >= 11 is 0. The van der Waals surface area contributed by atoms with Crippen molar-refractivity contribution in [1.82, 2.24) is 15.1 Å². The molecule has 1 saturated heterocycles. The molecule has 1 aromatic carbocycles. The summed E-state index contributed by atoms with van der Waals surface area (Å²) in [7, 11) is 1.64. The molecule has 116 valence electrons. The molecule has 2 atom stereocenters. The fourth-order valence-corrected chi connectivity index (χ4v) is 2.76. The molecule has 6 nitrogen and oxygen atoms in total. The molecule has 1 aliphatic rings. The molecule has 0 aliphatic carbocycles. The number of hydrogen-bond acceptors (Lipinski definition) is 4. The largest absolute Gasteiger partial charge is 0.378 e. The first-order chi connectivity index (χ1) is 10.7. The zero-order valence-corrected chi connectivity index (χ0v) is 12.5. The highest BCUT2D eigenvalue weighted by molar-refractivity contribution is 5.94. The fraction of sp³-hybridized carbons (Fsp3) is 0.375. The van der Waals surface area contributed by atoms with Crippen LogP contribution in [0.4, 0.5) is 0 Å². The Morgan fingerprint density at radius 3 is 2.77 bits per heavy atom. The van der Waals surface area contributed by atoms with Crippen LogP contribution in [-0.2, 0) is 4.74 Å². The van der Waals surface area contributed by atoms with E-state index in [1.54, 1.807) is 13.3 Å². The second-order valence-corrected chi connectivity index (χ2v) is 5.53. The molecule has 1 aliphatic heterocycles. The molecule has 2 aromatic rings. The molecule has 3 rings (SSSR count). The Balaban J connectivity index is 1.72. The molecule has 1 fully saturated rings. The van der Waals surface area contributed by atoms with Gasteiger partial charge in [0, 0.05) is 38.0 Å². The van der Waals surface area contributed by atoms with Gasteiger partial charge in [-0.15, -0.1) is 0 Å². The minimum Gasteiger partial charge on any atom is -0.378 e. The number of carbonyl (C=O) groups is 1. The number of aromatic nitrogens is 2. The maximum absolute atomic E-state index is 12.6. The van der Waals surface area contributed by atoms with Crippen LogP contribution in [0.5, 0.6) is 0 Å². The third-order valence-electron chi connectivity index (χ3n) is 4.14. The standard InChI is InChI=1S/C16H20N4O2/c1-22-15-10-20(9-7-13(15)17)16(21)12-4-2-11(3-5-12)14-6-8-18-19-14/h2-6,8,13,15H,7,9-10,17H2,1H3,(H,18,19)/t13-,15+/m1/s1. The number of hydrogen-bond donors (Lipinski definition) is 2. The molecule has 6 heteroatoms. The Kier molecular flexibility index (Phi) is 4.22. The Morgan fingerprint density at radius 1 is 1.36 bits per heavy atom. The van der Waals surface area contributed by atoms with E-state index >= 15 is 0 Å². The lowest BCUT2D eigenvalue weighted by atomic mass is 10.0. The SMILES string of the molecule is CO[C@H]1CN(C(=O)c2ccc(-c3ccn[nH]3)cc2)CC[C@H]1N. The number of methoxy groups -OCH3 is 1. The number of rotatable bonds is 3. The number of aromatic amines is 1. The van der Waals surface area contributed by atoms with Gasteiger partial charge in [0.25, 0.3) is 5.91 Å². The molecule has 3 N–H and O–H groups in total. The van der Waals surface area contributed by atoms with Crippen LogP contribution in [0.1, 0.15) is 16.8 Å². The molecule has 0 saturated carbocycles. The minimum atomic E-state index is -0.0954. The van der Waals surface area contributed by atoms with E-state index in [-0.39, 0.29) is 18.1 Å². The van der Waals surface area contributed by atoms with Gasteiger partial charge in [-0.3, -0.25) is 9.89 Å². The molecule has 0 radical (unpaired) electrons. The van der Waals surface area contributed by atoms with Crippen LogP contribution in [0.15, 0.2) is 36.5 Å². The lowest BCUT2D eigenvalue weighted by Crippen LogP contribution is -2.53. The highest BCUT2D eigenvalue weighted by Gasteiger charge is 2.29. The second-order valence-electron chi connectivity index (χ2n) is 5.53. The fourth-order valence-electron chi connectivity index (χ4n) is 2.76. The smallest absolute Gasteiger partial charge is 0.253 e. The van der Waals surface area contributed by atoms with Gasteiger partial charge in [-0.25, -0.2) is 0 Å². The monoisotopic (exact) mass is 300 g/mol. The van der Waals surface area contributed by atoms with Gasteiger partial charge in [0.2, 0.25) is 0 Å². The van der Waals surface area contributed by atoms with E-state index in [4.69, 9.17) is 10.5 Å². The van der Waals surface area contributed by atoms with E-state index < -0.39 is 0 Å². The maximum Gasteiger partial charge on any atom is 0.253 e. The van der Waals surface area contributed by atoms with Crippen LogP contribution >= 0.6 is 0 Å². The van der Waals surface area contributed by atoms with Gasteiger partial charge in [0.05, 0.1) is 11.8 Å². The number of H-pyrrole nitrogens is 1. The number of benzene rings is 1. The van der Waals surface area contributed by atoms with Crippen molar-refractivity contribution in [3.8, 4) is 11.3 Å². The number of carbonyl (C=O) groups excluding carboxylic acids is 1. The van der Waals surface area contributed by atoms with E-state index in [1.165, 1.54) is 0 Å². The Labute approximate surface area is 129 Å². The summed E-state index contributed by atoms with van der Waals surface area (Å²) in [6.45, 7) is 1.21. The van der Waals surface area contributed by atoms with Gasteiger partial charge in [-0.2, -0.15) is 5.10 Å². The van der Waals surface area contributed by atoms with E-state index in [0.29, 0.717) is 18.7 Å². The molecule has 0 bridgehead atoms. The van der Waals surface area contributed by atoms with Gasteiger partial charge in [0.15, 0.2) is 0 Å². The zero-order valence-electron chi connectivity index (χ0n) is 12.5. The second kappa shape index (κ2) is 6.29. The molecular weight excluding hydrogens is 280 g/mol. The Bertz CT molecular complexity index is 624. The third kappa shape index (κ3) is 2.88. The van der Waals surface area contributed by atoms with Crippen molar-refractivity contribution in [2.24, 2.45) is 5.73 Å². The zero-order chi connectivity index (χ0) is 15.5. The van der Waals surface area contributed by atoms with Crippen LogP contribution in [0.3, 0.4) is 0 Å². The number of nitrogens with zero attached hydrogens (tertiary/aromatic N) is 2. The van der Waals surface area contributed by atoms with Crippen LogP contribution < -0.4 is 5.73 Å². The highest BCUT2D eigenvalue weighted by atomic mass is 16.5. The highest BCUT2D eigenvalue weighted by Crippen LogP contribution is 2.19. The number of ether oxygens (including phenoxy) is 1. The summed E-state index contributed by atoms with van der Waals surface area (Å²) in [6, 6.07) is 9.42. The van der Waals surface area contributed by atoms with Gasteiger partial charge in [-0.1, -0.05) is 12.1 Å². The van der Waals surface area contributed by atoms with Crippen LogP contribution in [0.25, 0.3) is 11.3 Å². The normalized spacial score (nSPS) is 21.8. The minimum absolute atomic E-state index is 0.00296. The first kappa shape index (κ1) is 14.7. The number of piperidine rings is 1. The molecule has 0 spiro atoms. The number of likely N-dealkylation sites (tertiary alicyclic amines) is 1. The average Bonchev–Trinajstić information content (AvgIpc) is 3.09. The van der Waals surface area contributed by atoms with Crippen molar-refractivity contribution in [3.63, 3.8) is 0 Å². The van der Waals surface area contributed by atoms with Gasteiger partial charge >= 0.3 is 0 Å². The summed E-state index contributed by atoms with van der Waals surface area (Å²) in [5, 5.41) is 6.84. The van der Waals surface area contributed by atoms with Crippen molar-refractivity contribution < 1.29 is 9.53 Å². The summed E-state index contributed by atoms with van der Waals surface area (Å²) in [5.74, 6) is 0.0186. The van der Waals surface area contributed by atoms with Gasteiger partial charge in [0.1, 0.15) is 0 Å². The first-order valence-electron chi connectivity index (χ1n) is 7.36. The van der Waals surface area contributed by atoms with Crippen LogP contribution in [0, 0.1) is 0 Å². The number of amides is 1. The van der Waals surface area contributed by atoms with Gasteiger partial charge in [-0.05, 0) is 30.2 Å². The maximum atomic E-state index is 12.6. The summed E-state index contributed by atoms with van der Waals surface area (Å²) in [4.78, 5) is 14.4. The van der Waals surface area contributed by atoms with Crippen LogP contribution in [0.2, 0.25) is 0 Å². The topological polar surface area (TPSA) is 84.2 Å². The average molecular weight is 300 g/mol. The van der Waals surface area contributed by atoms with Crippen LogP contribution in [-0.4, -0.2) is 53.3 Å². The summed E-state index contributed by atoms with van der Waals surface area (Å²) in [5.41, 5.74) is 8.60. The van der Waals surface area contributed by atoms with E-state index in [0.717, 1.165) is 17.7 Å². The van der Waals surface area contributed by atoms with E-state index in [1.807, 2.05) is 35.2 Å². The molecule has 0 unspecified atom stereocenters. The van der Waals surface area contributed by atoms with Gasteiger partial charge < -0.3 is 15.4 Å². The molecule has 1 aromatic heterocycles. The lowest BCUT2D eigenvalue weighted by Gasteiger charge is -2.36. The number of nitrogens with one attached hydrogen (secondary N) is 1. The van der Waals surface area contributed by atoms with Crippen molar-refractivity contribution in [1.29, 1.82) is 0 Å². The molecular formula is C16H20N4O2. The summed E-state index contributed by atoms with van der Waals surface area (Å²) in [6.07, 6.45) is 2.37. The Morgan fingerprint density at radius 2 is 2.14 bits per heavy atom. The van der Waals surface area contributed by atoms with E-state index in [9.17, 15) is 4.79 Å². The van der Waals surface area contributed by atoms with E-state index in [2.05, 4.69) is 10.2 Å². The molecule has 1 amide bonds.